The molecular formula is C112H220O5. The molecule has 0 amide bonds. The van der Waals surface area contributed by atoms with Gasteiger partial charge in [-0.05, 0) is 182 Å². The second kappa shape index (κ2) is 70.6. The molecule has 0 radical (unpaired) electrons. The number of rotatable bonds is 84. The smallest absolute Gasteiger partial charge is 0.0924 e. The van der Waals surface area contributed by atoms with Crippen molar-refractivity contribution < 1.29 is 24.1 Å². The van der Waals surface area contributed by atoms with E-state index in [1.165, 1.54) is 360 Å². The molecule has 0 aromatic carbocycles. The molecule has 2 fully saturated rings. The SMILES string of the molecule is CCCCCCCC/C=C\CCCCCCCCCCCCCCCCCCCCCCO[C@@H]1CC[C@@H]([C@](C)(CCC[C@H](C)CCC[C@H](C)CCCC(C)C)O[C@@](C)(CCC[C@H](C)CCC[C@H](C)CCCC(C)C)[C@H]2CC[C@H]([C@@](C)(O)CCC[C@H](C)CCC[C@H](C)CCCC(C)C)O2)O[C@@]1(C)CCC[C@H](C)CCC[C@H](C)CCCC(C)C. The first-order chi connectivity index (χ1) is 56.0. The highest BCUT2D eigenvalue weighted by Gasteiger charge is 2.54. The Hall–Kier alpha value is -0.460. The van der Waals surface area contributed by atoms with Crippen molar-refractivity contribution in [2.24, 2.45) is 71.0 Å². The van der Waals surface area contributed by atoms with Gasteiger partial charge in [-0.1, -0.05) is 483 Å². The van der Waals surface area contributed by atoms with Crippen molar-refractivity contribution in [3.8, 4) is 0 Å². The zero-order valence-electron chi connectivity index (χ0n) is 84.3. The molecule has 1 N–H and O–H groups in total. The Labute approximate surface area is 738 Å². The molecule has 2 saturated heterocycles. The van der Waals surface area contributed by atoms with Crippen molar-refractivity contribution >= 4 is 0 Å². The van der Waals surface area contributed by atoms with E-state index in [0.717, 1.165) is 137 Å². The molecule has 0 aromatic heterocycles. The van der Waals surface area contributed by atoms with E-state index in [2.05, 4.69) is 158 Å². The molecule has 117 heavy (non-hydrogen) atoms. The number of allylic oxidation sites excluding steroid dienone is 2. The van der Waals surface area contributed by atoms with Crippen LogP contribution in [0.15, 0.2) is 12.2 Å². The molecule has 2 rings (SSSR count). The molecule has 16 atom stereocenters. The molecular weight excluding hydrogens is 1430 g/mol. The third-order valence-corrected chi connectivity index (χ3v) is 29.8. The van der Waals surface area contributed by atoms with Gasteiger partial charge >= 0.3 is 0 Å². The van der Waals surface area contributed by atoms with Crippen molar-refractivity contribution in [1.29, 1.82) is 0 Å². The van der Waals surface area contributed by atoms with Crippen LogP contribution in [0.5, 0.6) is 0 Å². The lowest BCUT2D eigenvalue weighted by Crippen LogP contribution is -2.60. The van der Waals surface area contributed by atoms with Crippen molar-refractivity contribution in [3.63, 3.8) is 0 Å². The van der Waals surface area contributed by atoms with E-state index in [-0.39, 0.29) is 24.4 Å². The summed E-state index contributed by atoms with van der Waals surface area (Å²) in [7, 11) is 0. The van der Waals surface area contributed by atoms with Crippen LogP contribution >= 0.6 is 0 Å². The van der Waals surface area contributed by atoms with Gasteiger partial charge in [0.25, 0.3) is 0 Å². The minimum Gasteiger partial charge on any atom is -0.387 e. The molecule has 698 valence electrons. The molecule has 2 aliphatic heterocycles. The summed E-state index contributed by atoms with van der Waals surface area (Å²) < 4.78 is 31.1. The standard InChI is InChI=1S/C112H220O5/c1-22-23-24-25-26-27-28-29-30-31-32-33-34-35-36-37-38-39-40-41-42-43-44-45-46-47-48-49-50-51-92-114-106-85-87-108(116-110(106,19)89-61-81-102(15)77-57-73-98(11)69-53-65-94(4)5)112(21,91-63-83-104(17)79-59-75-100(13)71-55-67-96(8)9)117-111(20,90-62-82-103(16)78-58-74-99(12)70-54-66-95(6)7)107-86-84-105(115-107)109(18,113)88-60-80-101(14)76-56-72-97(10)68-52-64-93(2)3/h29-30,93-108,113H,22-28,31-92H2,1-21H3/b30-29-/t97-,98-,99-,100-,101-,102-,103-,104-,105-,106-,107-,108+,109+,110+,111+,112+/m1/s1. The summed E-state index contributed by atoms with van der Waals surface area (Å²) in [5.74, 6) is 9.29. The van der Waals surface area contributed by atoms with Gasteiger partial charge in [-0.2, -0.15) is 0 Å². The third-order valence-electron chi connectivity index (χ3n) is 29.8. The first kappa shape index (κ1) is 113. The molecule has 5 heteroatoms. The van der Waals surface area contributed by atoms with Gasteiger partial charge in [0, 0.05) is 6.61 Å². The first-order valence-corrected chi connectivity index (χ1v) is 54.0. The maximum Gasteiger partial charge on any atom is 0.0924 e. The normalized spacial score (nSPS) is 21.4. The van der Waals surface area contributed by atoms with Crippen LogP contribution in [0.1, 0.15) is 582 Å². The van der Waals surface area contributed by atoms with E-state index in [0.29, 0.717) is 17.8 Å². The number of unbranched alkanes of at least 4 members (excludes halogenated alkanes) is 26. The maximum atomic E-state index is 12.6. The number of aliphatic hydroxyl groups is 1. The van der Waals surface area contributed by atoms with E-state index in [4.69, 9.17) is 18.9 Å². The van der Waals surface area contributed by atoms with Crippen LogP contribution in [0.25, 0.3) is 0 Å². The van der Waals surface area contributed by atoms with Gasteiger partial charge in [-0.3, -0.25) is 0 Å². The fourth-order valence-electron chi connectivity index (χ4n) is 20.9. The molecule has 5 nitrogen and oxygen atoms in total. The average Bonchev–Trinajstić information content (AvgIpc) is 1.73. The van der Waals surface area contributed by atoms with Gasteiger partial charge in [0.2, 0.25) is 0 Å². The molecule has 0 spiro atoms. The minimum absolute atomic E-state index is 0.0444. The zero-order chi connectivity index (χ0) is 86.3. The lowest BCUT2D eigenvalue weighted by Gasteiger charge is -2.53. The van der Waals surface area contributed by atoms with Crippen LogP contribution in [-0.2, 0) is 18.9 Å². The molecule has 2 aliphatic rings. The van der Waals surface area contributed by atoms with Gasteiger partial charge in [0.05, 0.1) is 46.8 Å². The lowest BCUT2D eigenvalue weighted by molar-refractivity contribution is -0.287. The van der Waals surface area contributed by atoms with Crippen LogP contribution in [-0.4, -0.2) is 58.5 Å². The predicted molar refractivity (Wildman–Crippen MR) is 522 cm³/mol. The molecule has 0 bridgehead atoms. The van der Waals surface area contributed by atoms with E-state index < -0.39 is 22.4 Å². The van der Waals surface area contributed by atoms with Gasteiger partial charge in [-0.25, -0.2) is 0 Å². The number of hydrogen-bond acceptors (Lipinski definition) is 5. The highest BCUT2D eigenvalue weighted by molar-refractivity contribution is 5.02. The number of hydrogen-bond donors (Lipinski definition) is 1. The highest BCUT2D eigenvalue weighted by atomic mass is 16.6. The molecule has 2 heterocycles. The van der Waals surface area contributed by atoms with Gasteiger partial charge < -0.3 is 24.1 Å². The van der Waals surface area contributed by atoms with Crippen LogP contribution in [0.3, 0.4) is 0 Å². The summed E-state index contributed by atoms with van der Waals surface area (Å²) in [5.41, 5.74) is -2.31. The molecule has 0 unspecified atom stereocenters. The van der Waals surface area contributed by atoms with Gasteiger partial charge in [0.15, 0.2) is 0 Å². The predicted octanol–water partition coefficient (Wildman–Crippen LogP) is 37.4. The third kappa shape index (κ3) is 60.0. The van der Waals surface area contributed by atoms with Gasteiger partial charge in [-0.15, -0.1) is 0 Å². The Bertz CT molecular complexity index is 2180. The van der Waals surface area contributed by atoms with Crippen LogP contribution in [0.2, 0.25) is 0 Å². The first-order valence-electron chi connectivity index (χ1n) is 54.0. The fourth-order valence-corrected chi connectivity index (χ4v) is 20.9. The Balaban J connectivity index is 2.28. The average molecular weight is 1650 g/mol. The molecule has 0 saturated carbocycles. The van der Waals surface area contributed by atoms with Crippen molar-refractivity contribution in [1.82, 2.24) is 0 Å². The maximum absolute atomic E-state index is 12.6. The monoisotopic (exact) mass is 1650 g/mol. The summed E-state index contributed by atoms with van der Waals surface area (Å²) in [6.45, 7) is 51.8. The minimum atomic E-state index is -0.873. The van der Waals surface area contributed by atoms with Crippen LogP contribution < -0.4 is 0 Å². The van der Waals surface area contributed by atoms with Gasteiger partial charge in [0.1, 0.15) is 0 Å². The second-order valence-electron chi connectivity index (χ2n) is 45.0. The molecule has 0 aromatic rings. The second-order valence-corrected chi connectivity index (χ2v) is 45.0. The van der Waals surface area contributed by atoms with E-state index in [1.54, 1.807) is 0 Å². The van der Waals surface area contributed by atoms with Crippen molar-refractivity contribution in [2.45, 2.75) is 629 Å². The van der Waals surface area contributed by atoms with E-state index in [9.17, 15) is 5.11 Å². The summed E-state index contributed by atoms with van der Waals surface area (Å²) in [6.07, 6.45) is 93.3. The number of ether oxygens (including phenoxy) is 4. The van der Waals surface area contributed by atoms with Crippen molar-refractivity contribution in [3.05, 3.63) is 12.2 Å². The van der Waals surface area contributed by atoms with Crippen molar-refractivity contribution in [2.75, 3.05) is 6.61 Å². The summed E-state index contributed by atoms with van der Waals surface area (Å²) in [5, 5.41) is 12.6. The van der Waals surface area contributed by atoms with Crippen LogP contribution in [0, 0.1) is 71.0 Å². The Kier molecular flexibility index (Phi) is 67.9. The Morgan fingerprint density at radius 1 is 0.308 bits per heavy atom. The Morgan fingerprint density at radius 2 is 0.573 bits per heavy atom. The zero-order valence-corrected chi connectivity index (χ0v) is 84.3. The van der Waals surface area contributed by atoms with E-state index >= 15 is 0 Å². The van der Waals surface area contributed by atoms with E-state index in [1.807, 2.05) is 0 Å². The summed E-state index contributed by atoms with van der Waals surface area (Å²) >= 11 is 0. The molecule has 0 aliphatic carbocycles. The largest absolute Gasteiger partial charge is 0.387 e. The Morgan fingerprint density at radius 3 is 0.906 bits per heavy atom. The fraction of sp³-hybridized carbons (Fsp3) is 0.982. The summed E-state index contributed by atoms with van der Waals surface area (Å²) in [6, 6.07) is 0. The van der Waals surface area contributed by atoms with Crippen LogP contribution in [0.4, 0.5) is 0 Å². The quantitative estimate of drug-likeness (QED) is 0.0486. The highest BCUT2D eigenvalue weighted by Crippen LogP contribution is 2.48. The summed E-state index contributed by atoms with van der Waals surface area (Å²) in [4.78, 5) is 0. The lowest BCUT2D eigenvalue weighted by atomic mass is 9.78. The topological polar surface area (TPSA) is 57.2 Å².